The van der Waals surface area contributed by atoms with E-state index in [4.69, 9.17) is 4.52 Å². The fraction of sp³-hybridized carbons (Fsp3) is 0.833. The van der Waals surface area contributed by atoms with Crippen LogP contribution in [0.15, 0.2) is 4.52 Å². The fourth-order valence-electron chi connectivity index (χ4n) is 2.29. The number of aryl methyl sites for hydroxylation is 1. The monoisotopic (exact) mass is 238 g/mol. The lowest BCUT2D eigenvalue weighted by Crippen LogP contribution is -2.32. The molecule has 0 aromatic carbocycles. The van der Waals surface area contributed by atoms with Gasteiger partial charge in [0, 0.05) is 12.5 Å². The summed E-state index contributed by atoms with van der Waals surface area (Å²) in [6.07, 6.45) is 4.52. The molecule has 1 saturated heterocycles. The summed E-state index contributed by atoms with van der Waals surface area (Å²) in [7, 11) is 2.15. The normalized spacial score (nSPS) is 21.7. The average Bonchev–Trinajstić information content (AvgIpc) is 2.62. The van der Waals surface area contributed by atoms with E-state index >= 15 is 0 Å². The van der Waals surface area contributed by atoms with Crippen LogP contribution in [0.1, 0.15) is 37.9 Å². The Morgan fingerprint density at radius 1 is 1.41 bits per heavy atom. The van der Waals surface area contributed by atoms with Gasteiger partial charge >= 0.3 is 0 Å². The molecule has 0 radical (unpaired) electrons. The van der Waals surface area contributed by atoms with Crippen LogP contribution in [0.25, 0.3) is 0 Å². The Bertz CT molecular complexity index is 331. The zero-order valence-electron chi connectivity index (χ0n) is 10.8. The van der Waals surface area contributed by atoms with Crippen molar-refractivity contribution in [1.82, 2.24) is 20.4 Å². The van der Waals surface area contributed by atoms with Gasteiger partial charge in [0.1, 0.15) is 0 Å². The predicted molar refractivity (Wildman–Crippen MR) is 65.7 cm³/mol. The first-order valence-electron chi connectivity index (χ1n) is 6.52. The van der Waals surface area contributed by atoms with Crippen LogP contribution >= 0.6 is 0 Å². The Labute approximate surface area is 103 Å². The molecular formula is C12H22N4O. The summed E-state index contributed by atoms with van der Waals surface area (Å²) in [5.41, 5.74) is 0. The van der Waals surface area contributed by atoms with Gasteiger partial charge in [-0.3, -0.25) is 4.90 Å². The van der Waals surface area contributed by atoms with E-state index in [0.717, 1.165) is 37.8 Å². The van der Waals surface area contributed by atoms with Gasteiger partial charge in [-0.15, -0.1) is 0 Å². The zero-order valence-corrected chi connectivity index (χ0v) is 10.8. The van der Waals surface area contributed by atoms with Crippen LogP contribution in [-0.2, 0) is 13.0 Å². The third kappa shape index (κ3) is 3.51. The van der Waals surface area contributed by atoms with Gasteiger partial charge < -0.3 is 9.84 Å². The topological polar surface area (TPSA) is 54.2 Å². The first-order valence-corrected chi connectivity index (χ1v) is 6.52. The third-order valence-electron chi connectivity index (χ3n) is 3.37. The van der Waals surface area contributed by atoms with Crippen molar-refractivity contribution in [2.75, 3.05) is 20.1 Å². The van der Waals surface area contributed by atoms with E-state index < -0.39 is 0 Å². The molecule has 96 valence electrons. The quantitative estimate of drug-likeness (QED) is 0.854. The molecule has 5 heteroatoms. The second kappa shape index (κ2) is 6.12. The SMILES string of the molecule is CCc1nc(CN(C)[C@H]2CCCNCC2)no1. The van der Waals surface area contributed by atoms with Gasteiger partial charge in [-0.25, -0.2) is 0 Å². The molecular weight excluding hydrogens is 216 g/mol. The molecule has 0 saturated carbocycles. The van der Waals surface area contributed by atoms with Crippen LogP contribution in [0.2, 0.25) is 0 Å². The Morgan fingerprint density at radius 2 is 2.29 bits per heavy atom. The maximum atomic E-state index is 5.13. The molecule has 0 aliphatic carbocycles. The highest BCUT2D eigenvalue weighted by atomic mass is 16.5. The highest BCUT2D eigenvalue weighted by molar-refractivity contribution is 4.87. The standard InChI is InChI=1S/C12H22N4O/c1-3-12-14-11(15-17-12)9-16(2)10-5-4-7-13-8-6-10/h10,13H,3-9H2,1-2H3/t10-/m0/s1. The van der Waals surface area contributed by atoms with Crippen LogP contribution in [0.5, 0.6) is 0 Å². The average molecular weight is 238 g/mol. The molecule has 0 spiro atoms. The van der Waals surface area contributed by atoms with Crippen LogP contribution in [0.3, 0.4) is 0 Å². The first kappa shape index (κ1) is 12.5. The van der Waals surface area contributed by atoms with Gasteiger partial charge in [0.25, 0.3) is 0 Å². The molecule has 1 aromatic heterocycles. The van der Waals surface area contributed by atoms with Crippen molar-refractivity contribution < 1.29 is 4.52 Å². The van der Waals surface area contributed by atoms with E-state index in [0.29, 0.717) is 6.04 Å². The van der Waals surface area contributed by atoms with E-state index in [1.807, 2.05) is 6.92 Å². The minimum Gasteiger partial charge on any atom is -0.339 e. The van der Waals surface area contributed by atoms with Crippen molar-refractivity contribution in [3.8, 4) is 0 Å². The van der Waals surface area contributed by atoms with Gasteiger partial charge in [-0.1, -0.05) is 12.1 Å². The Kier molecular flexibility index (Phi) is 4.50. The number of rotatable bonds is 4. The predicted octanol–water partition coefficient (Wildman–Crippen LogP) is 1.21. The molecule has 0 unspecified atom stereocenters. The van der Waals surface area contributed by atoms with Gasteiger partial charge in [-0.2, -0.15) is 4.98 Å². The summed E-state index contributed by atoms with van der Waals surface area (Å²) in [5.74, 6) is 1.54. The molecule has 17 heavy (non-hydrogen) atoms. The van der Waals surface area contributed by atoms with Crippen LogP contribution in [0, 0.1) is 0 Å². The molecule has 2 heterocycles. The van der Waals surface area contributed by atoms with E-state index in [1.54, 1.807) is 0 Å². The molecule has 1 aliphatic heterocycles. The minimum absolute atomic E-state index is 0.633. The highest BCUT2D eigenvalue weighted by Gasteiger charge is 2.18. The summed E-state index contributed by atoms with van der Waals surface area (Å²) in [6.45, 7) is 5.07. The van der Waals surface area contributed by atoms with Crippen LogP contribution in [0.4, 0.5) is 0 Å². The summed E-state index contributed by atoms with van der Waals surface area (Å²) in [5, 5.41) is 7.43. The molecule has 0 bridgehead atoms. The lowest BCUT2D eigenvalue weighted by atomic mass is 10.1. The molecule has 1 fully saturated rings. The lowest BCUT2D eigenvalue weighted by Gasteiger charge is -2.25. The van der Waals surface area contributed by atoms with E-state index in [-0.39, 0.29) is 0 Å². The Balaban J connectivity index is 1.88. The third-order valence-corrected chi connectivity index (χ3v) is 3.37. The molecule has 1 N–H and O–H groups in total. The van der Waals surface area contributed by atoms with E-state index in [9.17, 15) is 0 Å². The minimum atomic E-state index is 0.633. The maximum Gasteiger partial charge on any atom is 0.226 e. The van der Waals surface area contributed by atoms with Crippen LogP contribution in [-0.4, -0.2) is 41.2 Å². The zero-order chi connectivity index (χ0) is 12.1. The van der Waals surface area contributed by atoms with Crippen molar-refractivity contribution in [1.29, 1.82) is 0 Å². The Morgan fingerprint density at radius 3 is 3.06 bits per heavy atom. The van der Waals surface area contributed by atoms with Crippen LogP contribution < -0.4 is 5.32 Å². The number of hydrogen-bond acceptors (Lipinski definition) is 5. The highest BCUT2D eigenvalue weighted by Crippen LogP contribution is 2.13. The summed E-state index contributed by atoms with van der Waals surface area (Å²) >= 11 is 0. The van der Waals surface area contributed by atoms with Crippen molar-refractivity contribution >= 4 is 0 Å². The fourth-order valence-corrected chi connectivity index (χ4v) is 2.29. The van der Waals surface area contributed by atoms with Gasteiger partial charge in [0.05, 0.1) is 6.54 Å². The maximum absolute atomic E-state index is 5.13. The molecule has 2 rings (SSSR count). The van der Waals surface area contributed by atoms with Crippen molar-refractivity contribution in [3.63, 3.8) is 0 Å². The van der Waals surface area contributed by atoms with Gasteiger partial charge in [-0.05, 0) is 39.4 Å². The Hall–Kier alpha value is -0.940. The lowest BCUT2D eigenvalue weighted by molar-refractivity contribution is 0.209. The van der Waals surface area contributed by atoms with E-state index in [1.165, 1.54) is 19.3 Å². The van der Waals surface area contributed by atoms with Crippen molar-refractivity contribution in [2.24, 2.45) is 0 Å². The summed E-state index contributed by atoms with van der Waals surface area (Å²) in [6, 6.07) is 0.633. The van der Waals surface area contributed by atoms with Crippen molar-refractivity contribution in [3.05, 3.63) is 11.7 Å². The summed E-state index contributed by atoms with van der Waals surface area (Å²) < 4.78 is 5.13. The first-order chi connectivity index (χ1) is 8.29. The van der Waals surface area contributed by atoms with E-state index in [2.05, 4.69) is 27.4 Å². The molecule has 5 nitrogen and oxygen atoms in total. The second-order valence-electron chi connectivity index (χ2n) is 4.71. The molecule has 1 atom stereocenters. The number of aromatic nitrogens is 2. The van der Waals surface area contributed by atoms with Gasteiger partial charge in [0.15, 0.2) is 5.82 Å². The largest absolute Gasteiger partial charge is 0.339 e. The van der Waals surface area contributed by atoms with Gasteiger partial charge in [0.2, 0.25) is 5.89 Å². The van der Waals surface area contributed by atoms with Crippen molar-refractivity contribution in [2.45, 2.75) is 45.2 Å². The second-order valence-corrected chi connectivity index (χ2v) is 4.71. The number of nitrogens with one attached hydrogen (secondary N) is 1. The smallest absolute Gasteiger partial charge is 0.226 e. The summed E-state index contributed by atoms with van der Waals surface area (Å²) in [4.78, 5) is 6.70. The number of nitrogens with zero attached hydrogens (tertiary/aromatic N) is 3. The molecule has 1 aliphatic rings. The number of hydrogen-bond donors (Lipinski definition) is 1. The molecule has 1 aromatic rings. The molecule has 0 amide bonds.